The van der Waals surface area contributed by atoms with Gasteiger partial charge in [0.2, 0.25) is 0 Å². The Morgan fingerprint density at radius 1 is 1.32 bits per heavy atom. The normalized spacial score (nSPS) is 12.4. The lowest BCUT2D eigenvalue weighted by molar-refractivity contribution is -0.141. The van der Waals surface area contributed by atoms with Crippen LogP contribution in [-0.4, -0.2) is 20.9 Å². The zero-order chi connectivity index (χ0) is 14.0. The van der Waals surface area contributed by atoms with Crippen molar-refractivity contribution in [2.75, 3.05) is 0 Å². The van der Waals surface area contributed by atoms with Crippen LogP contribution in [0.2, 0.25) is 0 Å². The Labute approximate surface area is 112 Å². The molecule has 100 valence electrons. The minimum Gasteiger partial charge on any atom is -0.481 e. The van der Waals surface area contributed by atoms with E-state index in [0.29, 0.717) is 6.42 Å². The van der Waals surface area contributed by atoms with Gasteiger partial charge in [-0.3, -0.25) is 4.79 Å². The molecule has 1 aromatic heterocycles. The van der Waals surface area contributed by atoms with Crippen molar-refractivity contribution in [3.05, 3.63) is 47.3 Å². The van der Waals surface area contributed by atoms with Crippen molar-refractivity contribution in [3.8, 4) is 5.69 Å². The first-order chi connectivity index (χ1) is 8.99. The average molecular weight is 258 g/mol. The number of aryl methyl sites for hydroxylation is 1. The van der Waals surface area contributed by atoms with E-state index < -0.39 is 11.9 Å². The van der Waals surface area contributed by atoms with Gasteiger partial charge in [-0.2, -0.15) is 5.10 Å². The van der Waals surface area contributed by atoms with E-state index in [-0.39, 0.29) is 0 Å². The van der Waals surface area contributed by atoms with Crippen molar-refractivity contribution in [1.82, 2.24) is 9.78 Å². The number of aliphatic carboxylic acids is 1. The summed E-state index contributed by atoms with van der Waals surface area (Å²) in [6.45, 7) is 5.72. The number of carbonyl (C=O) groups is 1. The Bertz CT molecular complexity index is 585. The lowest BCUT2D eigenvalue weighted by Crippen LogP contribution is -2.12. The van der Waals surface area contributed by atoms with Crippen molar-refractivity contribution in [2.45, 2.75) is 27.2 Å². The standard InChI is InChI=1S/C15H18N2O2/c1-10-4-6-14(7-5-10)17-12(3)13(9-16-17)8-11(2)15(18)19/h4-7,9,11H,8H2,1-3H3,(H,18,19)/t11-/m1/s1. The molecule has 0 fully saturated rings. The van der Waals surface area contributed by atoms with Crippen molar-refractivity contribution >= 4 is 5.97 Å². The Balaban J connectivity index is 2.27. The number of hydrogen-bond acceptors (Lipinski definition) is 2. The molecule has 0 spiro atoms. The molecule has 0 radical (unpaired) electrons. The first kappa shape index (κ1) is 13.3. The number of nitrogens with zero attached hydrogens (tertiary/aromatic N) is 2. The molecule has 0 saturated heterocycles. The van der Waals surface area contributed by atoms with Gasteiger partial charge in [0.25, 0.3) is 0 Å². The molecule has 0 unspecified atom stereocenters. The zero-order valence-electron chi connectivity index (χ0n) is 11.4. The number of hydrogen-bond donors (Lipinski definition) is 1. The first-order valence-corrected chi connectivity index (χ1v) is 6.32. The highest BCUT2D eigenvalue weighted by atomic mass is 16.4. The zero-order valence-corrected chi connectivity index (χ0v) is 11.4. The molecule has 4 heteroatoms. The van der Waals surface area contributed by atoms with Crippen molar-refractivity contribution in [2.24, 2.45) is 5.92 Å². The van der Waals surface area contributed by atoms with Crippen molar-refractivity contribution in [3.63, 3.8) is 0 Å². The summed E-state index contributed by atoms with van der Waals surface area (Å²) < 4.78 is 1.85. The number of benzene rings is 1. The Kier molecular flexibility index (Phi) is 3.69. The highest BCUT2D eigenvalue weighted by Gasteiger charge is 2.16. The fraction of sp³-hybridized carbons (Fsp3) is 0.333. The Morgan fingerprint density at radius 3 is 2.53 bits per heavy atom. The highest BCUT2D eigenvalue weighted by Crippen LogP contribution is 2.17. The number of carboxylic acid groups (broad SMARTS) is 1. The second kappa shape index (κ2) is 5.26. The van der Waals surface area contributed by atoms with E-state index in [4.69, 9.17) is 5.11 Å². The first-order valence-electron chi connectivity index (χ1n) is 6.32. The third-order valence-electron chi connectivity index (χ3n) is 3.34. The van der Waals surface area contributed by atoms with Crippen molar-refractivity contribution < 1.29 is 9.90 Å². The van der Waals surface area contributed by atoms with E-state index in [1.165, 1.54) is 5.56 Å². The van der Waals surface area contributed by atoms with Crippen LogP contribution in [0.25, 0.3) is 5.69 Å². The van der Waals surface area contributed by atoms with E-state index in [9.17, 15) is 4.79 Å². The molecule has 0 aliphatic carbocycles. The van der Waals surface area contributed by atoms with E-state index in [2.05, 4.69) is 5.10 Å². The van der Waals surface area contributed by atoms with E-state index in [1.807, 2.05) is 42.8 Å². The molecular formula is C15H18N2O2. The summed E-state index contributed by atoms with van der Waals surface area (Å²) in [4.78, 5) is 10.9. The molecule has 2 rings (SSSR count). The average Bonchev–Trinajstić information content (AvgIpc) is 2.72. The lowest BCUT2D eigenvalue weighted by Gasteiger charge is -2.07. The summed E-state index contributed by atoms with van der Waals surface area (Å²) in [7, 11) is 0. The maximum atomic E-state index is 10.9. The van der Waals surface area contributed by atoms with Crippen LogP contribution in [0.3, 0.4) is 0 Å². The monoisotopic (exact) mass is 258 g/mol. The molecule has 0 amide bonds. The highest BCUT2D eigenvalue weighted by molar-refractivity contribution is 5.69. The van der Waals surface area contributed by atoms with Gasteiger partial charge < -0.3 is 5.11 Å². The fourth-order valence-corrected chi connectivity index (χ4v) is 2.01. The molecule has 4 nitrogen and oxygen atoms in total. The minimum atomic E-state index is -0.775. The predicted molar refractivity (Wildman–Crippen MR) is 73.5 cm³/mol. The molecule has 1 aromatic carbocycles. The van der Waals surface area contributed by atoms with Gasteiger partial charge in [0.05, 0.1) is 17.8 Å². The molecule has 19 heavy (non-hydrogen) atoms. The quantitative estimate of drug-likeness (QED) is 0.917. The minimum absolute atomic E-state index is 0.394. The molecule has 1 atom stereocenters. The Morgan fingerprint density at radius 2 is 1.95 bits per heavy atom. The maximum absolute atomic E-state index is 10.9. The Hall–Kier alpha value is -2.10. The topological polar surface area (TPSA) is 55.1 Å². The molecule has 0 bridgehead atoms. The van der Waals surface area contributed by atoms with Crippen LogP contribution in [0.1, 0.15) is 23.7 Å². The lowest BCUT2D eigenvalue weighted by atomic mass is 10.0. The van der Waals surface area contributed by atoms with E-state index >= 15 is 0 Å². The van der Waals surface area contributed by atoms with Crippen LogP contribution in [0.15, 0.2) is 30.5 Å². The molecule has 0 saturated carbocycles. The molecule has 2 aromatic rings. The molecule has 0 aliphatic heterocycles. The van der Waals surface area contributed by atoms with Gasteiger partial charge >= 0.3 is 5.97 Å². The summed E-state index contributed by atoms with van der Waals surface area (Å²) in [6, 6.07) is 8.10. The summed E-state index contributed by atoms with van der Waals surface area (Å²) in [5.41, 5.74) is 4.18. The summed E-state index contributed by atoms with van der Waals surface area (Å²) >= 11 is 0. The molecule has 1 N–H and O–H groups in total. The van der Waals surface area contributed by atoms with Crippen LogP contribution < -0.4 is 0 Å². The number of aromatic nitrogens is 2. The van der Waals surface area contributed by atoms with Gasteiger partial charge in [-0.1, -0.05) is 24.6 Å². The second-order valence-electron chi connectivity index (χ2n) is 4.95. The van der Waals surface area contributed by atoms with E-state index in [0.717, 1.165) is 16.9 Å². The number of rotatable bonds is 4. The third-order valence-corrected chi connectivity index (χ3v) is 3.34. The largest absolute Gasteiger partial charge is 0.481 e. The predicted octanol–water partition coefficient (Wildman–Crippen LogP) is 2.75. The van der Waals surface area contributed by atoms with Gasteiger partial charge in [-0.15, -0.1) is 0 Å². The van der Waals surface area contributed by atoms with Gasteiger partial charge in [0.15, 0.2) is 0 Å². The fourth-order valence-electron chi connectivity index (χ4n) is 2.01. The van der Waals surface area contributed by atoms with Gasteiger partial charge in [-0.25, -0.2) is 4.68 Å². The summed E-state index contributed by atoms with van der Waals surface area (Å²) in [5.74, 6) is -1.17. The van der Waals surface area contributed by atoms with Crippen LogP contribution in [-0.2, 0) is 11.2 Å². The van der Waals surface area contributed by atoms with Gasteiger partial charge in [0.1, 0.15) is 0 Å². The van der Waals surface area contributed by atoms with Crippen LogP contribution >= 0.6 is 0 Å². The van der Waals surface area contributed by atoms with Crippen LogP contribution in [0, 0.1) is 19.8 Å². The second-order valence-corrected chi connectivity index (χ2v) is 4.95. The van der Waals surface area contributed by atoms with Gasteiger partial charge in [0, 0.05) is 5.69 Å². The smallest absolute Gasteiger partial charge is 0.306 e. The molecular weight excluding hydrogens is 240 g/mol. The SMILES string of the molecule is Cc1ccc(-n2ncc(C[C@@H](C)C(=O)O)c2C)cc1. The maximum Gasteiger partial charge on any atom is 0.306 e. The summed E-state index contributed by atoms with van der Waals surface area (Å²) in [5, 5.41) is 13.3. The van der Waals surface area contributed by atoms with Crippen molar-refractivity contribution in [1.29, 1.82) is 0 Å². The molecule has 1 heterocycles. The van der Waals surface area contributed by atoms with Crippen LogP contribution in [0.5, 0.6) is 0 Å². The summed E-state index contributed by atoms with van der Waals surface area (Å²) in [6.07, 6.45) is 2.27. The van der Waals surface area contributed by atoms with Crippen LogP contribution in [0.4, 0.5) is 0 Å². The van der Waals surface area contributed by atoms with E-state index in [1.54, 1.807) is 13.1 Å². The molecule has 0 aliphatic rings. The third kappa shape index (κ3) is 2.84. The number of carboxylic acids is 1. The van der Waals surface area contributed by atoms with Gasteiger partial charge in [-0.05, 0) is 38.0 Å².